The standard InChI is InChI=1S/C15H25N3/c1-3-18(11-14-7-5-8-16-10-14)12-15-13(2)6-4-9-17-15/h4,6,9,14,16H,3,5,7-8,10-12H2,1-2H3. The van der Waals surface area contributed by atoms with Crippen molar-refractivity contribution in [3.05, 3.63) is 29.6 Å². The monoisotopic (exact) mass is 247 g/mol. The van der Waals surface area contributed by atoms with Crippen molar-refractivity contribution in [3.63, 3.8) is 0 Å². The third kappa shape index (κ3) is 3.79. The number of hydrogen-bond donors (Lipinski definition) is 1. The summed E-state index contributed by atoms with van der Waals surface area (Å²) in [7, 11) is 0. The van der Waals surface area contributed by atoms with Gasteiger partial charge in [0.25, 0.3) is 0 Å². The Balaban J connectivity index is 1.90. The van der Waals surface area contributed by atoms with Crippen LogP contribution >= 0.6 is 0 Å². The molecular weight excluding hydrogens is 222 g/mol. The molecule has 0 saturated carbocycles. The highest BCUT2D eigenvalue weighted by atomic mass is 15.1. The Labute approximate surface area is 111 Å². The first-order valence-electron chi connectivity index (χ1n) is 7.13. The first-order chi connectivity index (χ1) is 8.79. The zero-order valence-electron chi connectivity index (χ0n) is 11.7. The lowest BCUT2D eigenvalue weighted by Crippen LogP contribution is -2.38. The summed E-state index contributed by atoms with van der Waals surface area (Å²) in [6.07, 6.45) is 4.59. The molecule has 1 saturated heterocycles. The van der Waals surface area contributed by atoms with Gasteiger partial charge in [-0.15, -0.1) is 0 Å². The van der Waals surface area contributed by atoms with Crippen molar-refractivity contribution in [3.8, 4) is 0 Å². The van der Waals surface area contributed by atoms with Crippen LogP contribution in [0.1, 0.15) is 31.0 Å². The third-order valence-electron chi connectivity index (χ3n) is 3.85. The summed E-state index contributed by atoms with van der Waals surface area (Å²) in [5.41, 5.74) is 2.53. The molecule has 0 aromatic carbocycles. The molecule has 1 fully saturated rings. The van der Waals surface area contributed by atoms with Crippen molar-refractivity contribution in [2.45, 2.75) is 33.2 Å². The van der Waals surface area contributed by atoms with E-state index in [1.807, 2.05) is 12.3 Å². The molecule has 1 atom stereocenters. The SMILES string of the molecule is CCN(Cc1ncccc1C)CC1CCCNC1. The van der Waals surface area contributed by atoms with Gasteiger partial charge in [0.1, 0.15) is 0 Å². The first kappa shape index (κ1) is 13.5. The largest absolute Gasteiger partial charge is 0.316 e. The highest BCUT2D eigenvalue weighted by molar-refractivity contribution is 5.17. The average Bonchev–Trinajstić information content (AvgIpc) is 2.41. The van der Waals surface area contributed by atoms with Gasteiger partial charge in [-0.2, -0.15) is 0 Å². The van der Waals surface area contributed by atoms with E-state index in [-0.39, 0.29) is 0 Å². The van der Waals surface area contributed by atoms with Crippen LogP contribution in [0.25, 0.3) is 0 Å². The van der Waals surface area contributed by atoms with Crippen LogP contribution in [-0.2, 0) is 6.54 Å². The molecule has 1 aliphatic heterocycles. The molecule has 1 N–H and O–H groups in total. The summed E-state index contributed by atoms with van der Waals surface area (Å²) in [5.74, 6) is 0.808. The topological polar surface area (TPSA) is 28.2 Å². The third-order valence-corrected chi connectivity index (χ3v) is 3.85. The lowest BCUT2D eigenvalue weighted by Gasteiger charge is -2.29. The van der Waals surface area contributed by atoms with Crippen LogP contribution in [0.3, 0.4) is 0 Å². The number of nitrogens with one attached hydrogen (secondary N) is 1. The molecule has 100 valence electrons. The van der Waals surface area contributed by atoms with Crippen LogP contribution < -0.4 is 5.32 Å². The van der Waals surface area contributed by atoms with Crippen LogP contribution in [0.4, 0.5) is 0 Å². The van der Waals surface area contributed by atoms with Crippen LogP contribution in [0.15, 0.2) is 18.3 Å². The first-order valence-corrected chi connectivity index (χ1v) is 7.13. The molecule has 2 heterocycles. The molecule has 0 radical (unpaired) electrons. The Hall–Kier alpha value is -0.930. The average molecular weight is 247 g/mol. The smallest absolute Gasteiger partial charge is 0.0573 e. The minimum Gasteiger partial charge on any atom is -0.316 e. The van der Waals surface area contributed by atoms with Gasteiger partial charge in [-0.25, -0.2) is 0 Å². The Morgan fingerprint density at radius 3 is 3.06 bits per heavy atom. The van der Waals surface area contributed by atoms with E-state index in [1.165, 1.54) is 43.7 Å². The Bertz CT molecular complexity index is 359. The summed E-state index contributed by atoms with van der Waals surface area (Å²) in [4.78, 5) is 7.02. The number of piperidine rings is 1. The number of aryl methyl sites for hydroxylation is 1. The van der Waals surface area contributed by atoms with Crippen LogP contribution in [0.2, 0.25) is 0 Å². The normalized spacial score (nSPS) is 20.3. The Kier molecular flexibility index (Phi) is 5.14. The van der Waals surface area contributed by atoms with E-state index < -0.39 is 0 Å². The molecule has 1 aliphatic rings. The van der Waals surface area contributed by atoms with Gasteiger partial charge in [0.15, 0.2) is 0 Å². The van der Waals surface area contributed by atoms with Crippen LogP contribution in [0, 0.1) is 12.8 Å². The molecule has 0 spiro atoms. The molecule has 3 nitrogen and oxygen atoms in total. The maximum Gasteiger partial charge on any atom is 0.0573 e. The lowest BCUT2D eigenvalue weighted by atomic mass is 9.99. The molecular formula is C15H25N3. The number of nitrogens with zero attached hydrogens (tertiary/aromatic N) is 2. The summed E-state index contributed by atoms with van der Waals surface area (Å²) >= 11 is 0. The van der Waals surface area contributed by atoms with Gasteiger partial charge in [-0.3, -0.25) is 9.88 Å². The molecule has 1 aromatic rings. The van der Waals surface area contributed by atoms with E-state index >= 15 is 0 Å². The summed E-state index contributed by atoms with van der Waals surface area (Å²) in [6.45, 7) is 10.1. The minimum atomic E-state index is 0.808. The van der Waals surface area contributed by atoms with Crippen molar-refractivity contribution in [2.24, 2.45) is 5.92 Å². The highest BCUT2D eigenvalue weighted by Gasteiger charge is 2.16. The maximum atomic E-state index is 4.50. The van der Waals surface area contributed by atoms with Gasteiger partial charge >= 0.3 is 0 Å². The molecule has 0 bridgehead atoms. The van der Waals surface area contributed by atoms with E-state index in [2.05, 4.69) is 35.1 Å². The Morgan fingerprint density at radius 1 is 1.50 bits per heavy atom. The van der Waals surface area contributed by atoms with E-state index in [9.17, 15) is 0 Å². The van der Waals surface area contributed by atoms with Gasteiger partial charge in [0, 0.05) is 19.3 Å². The van der Waals surface area contributed by atoms with E-state index in [0.29, 0.717) is 0 Å². The second kappa shape index (κ2) is 6.86. The van der Waals surface area contributed by atoms with Crippen molar-refractivity contribution in [1.29, 1.82) is 0 Å². The quantitative estimate of drug-likeness (QED) is 0.864. The minimum absolute atomic E-state index is 0.808. The molecule has 0 aliphatic carbocycles. The summed E-state index contributed by atoms with van der Waals surface area (Å²) in [6, 6.07) is 4.17. The molecule has 1 aromatic heterocycles. The van der Waals surface area contributed by atoms with Gasteiger partial charge in [0.2, 0.25) is 0 Å². The lowest BCUT2D eigenvalue weighted by molar-refractivity contribution is 0.207. The van der Waals surface area contributed by atoms with Crippen molar-refractivity contribution in [2.75, 3.05) is 26.2 Å². The zero-order chi connectivity index (χ0) is 12.8. The van der Waals surface area contributed by atoms with Gasteiger partial charge in [-0.05, 0) is 56.9 Å². The van der Waals surface area contributed by atoms with Gasteiger partial charge in [0.05, 0.1) is 5.69 Å². The van der Waals surface area contributed by atoms with Crippen molar-refractivity contribution in [1.82, 2.24) is 15.2 Å². The highest BCUT2D eigenvalue weighted by Crippen LogP contribution is 2.14. The fraction of sp³-hybridized carbons (Fsp3) is 0.667. The molecule has 0 amide bonds. The number of aromatic nitrogens is 1. The van der Waals surface area contributed by atoms with Crippen LogP contribution in [0.5, 0.6) is 0 Å². The fourth-order valence-corrected chi connectivity index (χ4v) is 2.65. The van der Waals surface area contributed by atoms with E-state index in [1.54, 1.807) is 0 Å². The number of hydrogen-bond acceptors (Lipinski definition) is 3. The Morgan fingerprint density at radius 2 is 2.39 bits per heavy atom. The van der Waals surface area contributed by atoms with Gasteiger partial charge in [-0.1, -0.05) is 13.0 Å². The second-order valence-electron chi connectivity index (χ2n) is 5.31. The predicted molar refractivity (Wildman–Crippen MR) is 75.5 cm³/mol. The maximum absolute atomic E-state index is 4.50. The molecule has 3 heteroatoms. The van der Waals surface area contributed by atoms with Crippen molar-refractivity contribution < 1.29 is 0 Å². The van der Waals surface area contributed by atoms with Gasteiger partial charge < -0.3 is 5.32 Å². The van der Waals surface area contributed by atoms with Crippen LogP contribution in [-0.4, -0.2) is 36.1 Å². The number of rotatable bonds is 5. The molecule has 1 unspecified atom stereocenters. The second-order valence-corrected chi connectivity index (χ2v) is 5.31. The number of pyridine rings is 1. The zero-order valence-corrected chi connectivity index (χ0v) is 11.7. The fourth-order valence-electron chi connectivity index (χ4n) is 2.65. The van der Waals surface area contributed by atoms with E-state index in [4.69, 9.17) is 0 Å². The van der Waals surface area contributed by atoms with E-state index in [0.717, 1.165) is 19.0 Å². The predicted octanol–water partition coefficient (Wildman–Crippen LogP) is 2.21. The molecule has 18 heavy (non-hydrogen) atoms. The summed E-state index contributed by atoms with van der Waals surface area (Å²) < 4.78 is 0. The molecule has 2 rings (SSSR count). The van der Waals surface area contributed by atoms with Crippen molar-refractivity contribution >= 4 is 0 Å². The summed E-state index contributed by atoms with van der Waals surface area (Å²) in [5, 5.41) is 3.50.